The van der Waals surface area contributed by atoms with Crippen LogP contribution in [0.2, 0.25) is 0 Å². The molecule has 3 nitrogen and oxygen atoms in total. The average molecular weight is 320 g/mol. The van der Waals surface area contributed by atoms with Crippen LogP contribution in [-0.2, 0) is 9.59 Å². The fourth-order valence-electron chi connectivity index (χ4n) is 2.88. The van der Waals surface area contributed by atoms with Gasteiger partial charge in [-0.3, -0.25) is 9.59 Å². The molecule has 1 aliphatic carbocycles. The van der Waals surface area contributed by atoms with Crippen LogP contribution in [0.25, 0.3) is 0 Å². The summed E-state index contributed by atoms with van der Waals surface area (Å²) in [5.41, 5.74) is 1.63. The van der Waals surface area contributed by atoms with Crippen molar-refractivity contribution in [1.82, 2.24) is 0 Å². The van der Waals surface area contributed by atoms with Crippen LogP contribution in [0.3, 0.4) is 0 Å². The zero-order chi connectivity index (χ0) is 13.6. The Kier molecular flexibility index (Phi) is 3.05. The van der Waals surface area contributed by atoms with Crippen molar-refractivity contribution in [3.05, 3.63) is 40.4 Å². The molecule has 1 fully saturated rings. The summed E-state index contributed by atoms with van der Waals surface area (Å²) < 4.78 is 0.915. The van der Waals surface area contributed by atoms with Crippen LogP contribution in [0.5, 0.6) is 0 Å². The van der Waals surface area contributed by atoms with Gasteiger partial charge in [0, 0.05) is 4.47 Å². The van der Waals surface area contributed by atoms with E-state index in [-0.39, 0.29) is 23.7 Å². The lowest BCUT2D eigenvalue weighted by atomic mass is 9.85. The molecule has 4 heteroatoms. The van der Waals surface area contributed by atoms with Crippen LogP contribution in [0, 0.1) is 18.8 Å². The number of rotatable bonds is 1. The van der Waals surface area contributed by atoms with E-state index in [9.17, 15) is 9.59 Å². The van der Waals surface area contributed by atoms with Crippen molar-refractivity contribution in [3.63, 3.8) is 0 Å². The van der Waals surface area contributed by atoms with Crippen molar-refractivity contribution in [2.45, 2.75) is 19.8 Å². The zero-order valence-electron chi connectivity index (χ0n) is 10.6. The Morgan fingerprint density at radius 2 is 1.68 bits per heavy atom. The second-order valence-electron chi connectivity index (χ2n) is 5.05. The Balaban J connectivity index is 2.04. The fourth-order valence-corrected chi connectivity index (χ4v) is 3.23. The van der Waals surface area contributed by atoms with Gasteiger partial charge in [-0.25, -0.2) is 4.90 Å². The molecule has 1 aromatic carbocycles. The predicted molar refractivity (Wildman–Crippen MR) is 76.7 cm³/mol. The Labute approximate surface area is 120 Å². The minimum Gasteiger partial charge on any atom is -0.274 e. The normalized spacial score (nSPS) is 25.9. The third-order valence-corrected chi connectivity index (χ3v) is 4.85. The van der Waals surface area contributed by atoms with Gasteiger partial charge in [-0.05, 0) is 37.5 Å². The zero-order valence-corrected chi connectivity index (χ0v) is 12.2. The van der Waals surface area contributed by atoms with Gasteiger partial charge in [-0.2, -0.15) is 0 Å². The summed E-state index contributed by atoms with van der Waals surface area (Å²) in [7, 11) is 0. The first-order chi connectivity index (χ1) is 9.11. The molecule has 2 atom stereocenters. The Morgan fingerprint density at radius 1 is 1.11 bits per heavy atom. The highest BCUT2D eigenvalue weighted by Gasteiger charge is 2.48. The standard InChI is InChI=1S/C15H14BrNO2/c1-9-12(16)7-4-8-13(9)17-14(18)10-5-2-3-6-11(10)15(17)19/h2-4,7-8,10-11H,5-6H2,1H3/t10-,11+. The number of carbonyl (C=O) groups is 2. The maximum Gasteiger partial charge on any atom is 0.238 e. The van der Waals surface area contributed by atoms with Gasteiger partial charge in [0.15, 0.2) is 0 Å². The van der Waals surface area contributed by atoms with Crippen molar-refractivity contribution in [2.75, 3.05) is 4.90 Å². The van der Waals surface area contributed by atoms with Gasteiger partial charge in [0.2, 0.25) is 11.8 Å². The van der Waals surface area contributed by atoms with Gasteiger partial charge in [0.25, 0.3) is 0 Å². The molecular weight excluding hydrogens is 306 g/mol. The lowest BCUT2D eigenvalue weighted by Gasteiger charge is -2.18. The SMILES string of the molecule is Cc1c(Br)cccc1N1C(=O)[C@H]2CC=CC[C@H]2C1=O. The smallest absolute Gasteiger partial charge is 0.238 e. The number of hydrogen-bond acceptors (Lipinski definition) is 2. The highest BCUT2D eigenvalue weighted by atomic mass is 79.9. The molecule has 0 bridgehead atoms. The molecule has 1 heterocycles. The summed E-state index contributed by atoms with van der Waals surface area (Å²) in [6.07, 6.45) is 5.37. The first-order valence-corrected chi connectivity index (χ1v) is 7.18. The topological polar surface area (TPSA) is 37.4 Å². The molecular formula is C15H14BrNO2. The molecule has 1 aromatic rings. The summed E-state index contributed by atoms with van der Waals surface area (Å²) >= 11 is 3.45. The number of carbonyl (C=O) groups excluding carboxylic acids is 2. The van der Waals surface area contributed by atoms with E-state index in [1.165, 1.54) is 4.90 Å². The summed E-state index contributed by atoms with van der Waals surface area (Å²) in [6, 6.07) is 5.60. The number of fused-ring (bicyclic) bond motifs is 1. The minimum atomic E-state index is -0.170. The van der Waals surface area contributed by atoms with E-state index in [4.69, 9.17) is 0 Å². The molecule has 1 aliphatic heterocycles. The maximum atomic E-state index is 12.5. The third kappa shape index (κ3) is 1.86. The van der Waals surface area contributed by atoms with Crippen LogP contribution in [0.1, 0.15) is 18.4 Å². The van der Waals surface area contributed by atoms with Crippen molar-refractivity contribution in [2.24, 2.45) is 11.8 Å². The number of nitrogens with zero attached hydrogens (tertiary/aromatic N) is 1. The summed E-state index contributed by atoms with van der Waals surface area (Å²) in [6.45, 7) is 1.92. The summed E-state index contributed by atoms with van der Waals surface area (Å²) in [5.74, 6) is -0.451. The Bertz CT molecular complexity index is 568. The van der Waals surface area contributed by atoms with Crippen LogP contribution in [0.15, 0.2) is 34.8 Å². The van der Waals surface area contributed by atoms with Crippen LogP contribution >= 0.6 is 15.9 Å². The first-order valence-electron chi connectivity index (χ1n) is 6.39. The number of benzene rings is 1. The number of halogens is 1. The molecule has 0 aromatic heterocycles. The molecule has 0 saturated carbocycles. The van der Waals surface area contributed by atoms with Crippen molar-refractivity contribution < 1.29 is 9.59 Å². The van der Waals surface area contributed by atoms with Gasteiger partial charge >= 0.3 is 0 Å². The molecule has 3 rings (SSSR count). The van der Waals surface area contributed by atoms with Crippen LogP contribution in [-0.4, -0.2) is 11.8 Å². The van der Waals surface area contributed by atoms with Crippen molar-refractivity contribution in [1.29, 1.82) is 0 Å². The van der Waals surface area contributed by atoms with E-state index < -0.39 is 0 Å². The first kappa shape index (κ1) is 12.6. The molecule has 0 spiro atoms. The summed E-state index contributed by atoms with van der Waals surface area (Å²) in [4.78, 5) is 26.3. The number of imide groups is 1. The number of hydrogen-bond donors (Lipinski definition) is 0. The van der Waals surface area contributed by atoms with E-state index in [1.54, 1.807) is 0 Å². The van der Waals surface area contributed by atoms with E-state index in [2.05, 4.69) is 15.9 Å². The Morgan fingerprint density at radius 3 is 2.26 bits per heavy atom. The van der Waals surface area contributed by atoms with Gasteiger partial charge in [0.1, 0.15) is 0 Å². The van der Waals surface area contributed by atoms with E-state index >= 15 is 0 Å². The third-order valence-electron chi connectivity index (χ3n) is 3.99. The monoisotopic (exact) mass is 319 g/mol. The highest BCUT2D eigenvalue weighted by molar-refractivity contribution is 9.10. The van der Waals surface area contributed by atoms with Crippen molar-refractivity contribution in [3.8, 4) is 0 Å². The van der Waals surface area contributed by atoms with Crippen molar-refractivity contribution >= 4 is 33.4 Å². The average Bonchev–Trinajstić information content (AvgIpc) is 2.67. The number of allylic oxidation sites excluding steroid dienone is 2. The predicted octanol–water partition coefficient (Wildman–Crippen LogP) is 3.21. The lowest BCUT2D eigenvalue weighted by Crippen LogP contribution is -2.31. The van der Waals surface area contributed by atoms with Gasteiger partial charge in [-0.1, -0.05) is 34.1 Å². The van der Waals surface area contributed by atoms with E-state index in [1.807, 2.05) is 37.3 Å². The largest absolute Gasteiger partial charge is 0.274 e. The molecule has 0 N–H and O–H groups in total. The molecule has 2 amide bonds. The lowest BCUT2D eigenvalue weighted by molar-refractivity contribution is -0.122. The fraction of sp³-hybridized carbons (Fsp3) is 0.333. The van der Waals surface area contributed by atoms with Gasteiger partial charge < -0.3 is 0 Å². The molecule has 98 valence electrons. The quantitative estimate of drug-likeness (QED) is 0.588. The molecule has 2 aliphatic rings. The van der Waals surface area contributed by atoms with Gasteiger partial charge in [-0.15, -0.1) is 0 Å². The molecule has 0 unspecified atom stereocenters. The number of anilines is 1. The number of amides is 2. The molecule has 1 saturated heterocycles. The van der Waals surface area contributed by atoms with Crippen LogP contribution in [0.4, 0.5) is 5.69 Å². The summed E-state index contributed by atoms with van der Waals surface area (Å²) in [5, 5.41) is 0. The second-order valence-corrected chi connectivity index (χ2v) is 5.91. The maximum absolute atomic E-state index is 12.5. The Hall–Kier alpha value is -1.42. The highest BCUT2D eigenvalue weighted by Crippen LogP contribution is 2.39. The molecule has 0 radical (unpaired) electrons. The van der Waals surface area contributed by atoms with E-state index in [0.29, 0.717) is 18.5 Å². The van der Waals surface area contributed by atoms with Crippen LogP contribution < -0.4 is 4.90 Å². The second kappa shape index (κ2) is 4.60. The molecule has 19 heavy (non-hydrogen) atoms. The minimum absolute atomic E-state index is 0.0550. The van der Waals surface area contributed by atoms with E-state index in [0.717, 1.165) is 10.0 Å². The van der Waals surface area contributed by atoms with Gasteiger partial charge in [0.05, 0.1) is 17.5 Å².